The summed E-state index contributed by atoms with van der Waals surface area (Å²) >= 11 is 0. The highest BCUT2D eigenvalue weighted by molar-refractivity contribution is 5.75. The predicted molar refractivity (Wildman–Crippen MR) is 110 cm³/mol. The summed E-state index contributed by atoms with van der Waals surface area (Å²) in [5.41, 5.74) is 4.62. The van der Waals surface area contributed by atoms with Crippen molar-refractivity contribution in [2.45, 2.75) is 32.8 Å². The maximum absolute atomic E-state index is 6.14. The number of likely N-dealkylation sites (N-methyl/N-ethyl adjacent to an activating group) is 1. The van der Waals surface area contributed by atoms with Crippen molar-refractivity contribution in [3.63, 3.8) is 0 Å². The second-order valence-corrected chi connectivity index (χ2v) is 7.45. The Morgan fingerprint density at radius 3 is 2.77 bits per heavy atom. The van der Waals surface area contributed by atoms with Crippen LogP contribution in [0.15, 0.2) is 48.3 Å². The Kier molecular flexibility index (Phi) is 7.61. The zero-order valence-corrected chi connectivity index (χ0v) is 17.0. The molecule has 0 radical (unpaired) electrons. The number of pyridine rings is 1. The van der Waals surface area contributed by atoms with E-state index in [0.717, 1.165) is 54.9 Å². The molecular weight excluding hydrogens is 322 g/mol. The predicted octanol–water partition coefficient (Wildman–Crippen LogP) is 4.02. The van der Waals surface area contributed by atoms with Gasteiger partial charge in [0.05, 0.1) is 6.20 Å². The molecule has 0 aliphatic carbocycles. The molecule has 1 aliphatic heterocycles. The van der Waals surface area contributed by atoms with Crippen LogP contribution in [0, 0.1) is 0 Å². The van der Waals surface area contributed by atoms with Crippen LogP contribution in [0.3, 0.4) is 0 Å². The summed E-state index contributed by atoms with van der Waals surface area (Å²) in [5.74, 6) is 0.848. The van der Waals surface area contributed by atoms with Crippen LogP contribution in [-0.4, -0.2) is 61.7 Å². The quantitative estimate of drug-likeness (QED) is 0.659. The Labute approximate surface area is 158 Å². The van der Waals surface area contributed by atoms with E-state index in [4.69, 9.17) is 4.74 Å². The lowest BCUT2D eigenvalue weighted by Gasteiger charge is -2.15. The number of hydrogen-bond acceptors (Lipinski definition) is 4. The molecule has 1 fully saturated rings. The Balaban J connectivity index is 2.16. The molecule has 26 heavy (non-hydrogen) atoms. The Morgan fingerprint density at radius 2 is 2.19 bits per heavy atom. The van der Waals surface area contributed by atoms with Gasteiger partial charge in [0.2, 0.25) is 0 Å². The highest BCUT2D eigenvalue weighted by Gasteiger charge is 2.21. The Bertz CT molecular complexity index is 676. The van der Waals surface area contributed by atoms with Gasteiger partial charge >= 0.3 is 0 Å². The summed E-state index contributed by atoms with van der Waals surface area (Å²) in [5, 5.41) is 0. The molecule has 0 spiro atoms. The van der Waals surface area contributed by atoms with E-state index in [2.05, 4.69) is 74.6 Å². The molecule has 1 saturated heterocycles. The molecule has 0 bridgehead atoms. The van der Waals surface area contributed by atoms with Crippen molar-refractivity contribution in [2.75, 3.05) is 40.8 Å². The van der Waals surface area contributed by atoms with Crippen LogP contribution in [-0.2, 0) is 0 Å². The van der Waals surface area contributed by atoms with E-state index in [-0.39, 0.29) is 6.10 Å². The Morgan fingerprint density at radius 1 is 1.42 bits per heavy atom. The lowest BCUT2D eigenvalue weighted by molar-refractivity contribution is 0.207. The zero-order chi connectivity index (χ0) is 19.1. The van der Waals surface area contributed by atoms with Gasteiger partial charge in [-0.3, -0.25) is 4.98 Å². The molecule has 0 N–H and O–H groups in total. The molecule has 0 aromatic carbocycles. The second-order valence-electron chi connectivity index (χ2n) is 7.45. The van der Waals surface area contributed by atoms with Crippen molar-refractivity contribution in [1.29, 1.82) is 0 Å². The van der Waals surface area contributed by atoms with Crippen LogP contribution in [0.25, 0.3) is 5.57 Å². The molecule has 142 valence electrons. The van der Waals surface area contributed by atoms with E-state index in [9.17, 15) is 0 Å². The van der Waals surface area contributed by atoms with Crippen molar-refractivity contribution in [2.24, 2.45) is 0 Å². The summed E-state index contributed by atoms with van der Waals surface area (Å²) in [6, 6.07) is 2.10. The molecule has 0 amide bonds. The molecule has 1 aromatic heterocycles. The number of aromatic nitrogens is 1. The second kappa shape index (κ2) is 9.70. The number of likely N-dealkylation sites (tertiary alicyclic amines) is 1. The van der Waals surface area contributed by atoms with Crippen molar-refractivity contribution >= 4 is 5.57 Å². The van der Waals surface area contributed by atoms with Gasteiger partial charge in [-0.2, -0.15) is 0 Å². The van der Waals surface area contributed by atoms with Gasteiger partial charge in [0, 0.05) is 31.4 Å². The van der Waals surface area contributed by atoms with E-state index in [1.165, 1.54) is 5.57 Å². The molecule has 0 saturated carbocycles. The third-order valence-corrected chi connectivity index (χ3v) is 4.71. The van der Waals surface area contributed by atoms with Crippen LogP contribution >= 0.6 is 0 Å². The van der Waals surface area contributed by atoms with E-state index in [1.54, 1.807) is 0 Å². The van der Waals surface area contributed by atoms with Gasteiger partial charge in [0.15, 0.2) is 0 Å². The van der Waals surface area contributed by atoms with E-state index >= 15 is 0 Å². The van der Waals surface area contributed by atoms with Crippen LogP contribution in [0.2, 0.25) is 0 Å². The van der Waals surface area contributed by atoms with Gasteiger partial charge in [-0.15, -0.1) is 0 Å². The first-order chi connectivity index (χ1) is 12.4. The SMILES string of the molecule is C=C(C)/C(=C\C(=C/C)c1cncc(OC2CCN(C)C2)c1)CCN(C)C. The van der Waals surface area contributed by atoms with Crippen molar-refractivity contribution in [1.82, 2.24) is 14.8 Å². The van der Waals surface area contributed by atoms with Gasteiger partial charge < -0.3 is 14.5 Å². The number of ether oxygens (including phenoxy) is 1. The summed E-state index contributed by atoms with van der Waals surface area (Å²) in [6.07, 6.45) is 10.4. The summed E-state index contributed by atoms with van der Waals surface area (Å²) < 4.78 is 6.14. The van der Waals surface area contributed by atoms with Gasteiger partial charge in [0.1, 0.15) is 11.9 Å². The lowest BCUT2D eigenvalue weighted by Crippen LogP contribution is -2.21. The molecule has 1 aliphatic rings. The average Bonchev–Trinajstić information content (AvgIpc) is 2.99. The fourth-order valence-electron chi connectivity index (χ4n) is 3.10. The van der Waals surface area contributed by atoms with E-state index in [0.29, 0.717) is 0 Å². The maximum Gasteiger partial charge on any atom is 0.138 e. The first kappa shape index (κ1) is 20.4. The summed E-state index contributed by atoms with van der Waals surface area (Å²) in [4.78, 5) is 8.89. The first-order valence-corrected chi connectivity index (χ1v) is 9.37. The fourth-order valence-corrected chi connectivity index (χ4v) is 3.10. The Hall–Kier alpha value is -1.91. The molecule has 1 unspecified atom stereocenters. The number of nitrogens with zero attached hydrogens (tertiary/aromatic N) is 3. The lowest BCUT2D eigenvalue weighted by atomic mass is 9.98. The molecule has 2 rings (SSSR count). The fraction of sp³-hybridized carbons (Fsp3) is 0.500. The van der Waals surface area contributed by atoms with Crippen molar-refractivity contribution < 1.29 is 4.74 Å². The molecule has 1 atom stereocenters. The smallest absolute Gasteiger partial charge is 0.138 e. The van der Waals surface area contributed by atoms with Crippen LogP contribution in [0.1, 0.15) is 32.3 Å². The third kappa shape index (κ3) is 6.11. The largest absolute Gasteiger partial charge is 0.487 e. The standard InChI is InChI=1S/C22H33N3O/c1-7-18(12-19(17(2)3)8-10-24(4)5)20-13-22(15-23-14-20)26-21-9-11-25(6)16-21/h7,12-15,21H,2,8-11,16H2,1,3-6H3/b18-7+,19-12-. The van der Waals surface area contributed by atoms with Crippen LogP contribution < -0.4 is 4.74 Å². The molecular formula is C22H33N3O. The molecule has 2 heterocycles. The van der Waals surface area contributed by atoms with Gasteiger partial charge in [-0.25, -0.2) is 0 Å². The van der Waals surface area contributed by atoms with Crippen molar-refractivity contribution in [3.8, 4) is 5.75 Å². The number of hydrogen-bond donors (Lipinski definition) is 0. The van der Waals surface area contributed by atoms with Crippen molar-refractivity contribution in [3.05, 3.63) is 53.9 Å². The maximum atomic E-state index is 6.14. The van der Waals surface area contributed by atoms with Gasteiger partial charge in [-0.1, -0.05) is 24.3 Å². The minimum Gasteiger partial charge on any atom is -0.487 e. The molecule has 4 heteroatoms. The summed E-state index contributed by atoms with van der Waals surface area (Å²) in [7, 11) is 6.32. The first-order valence-electron chi connectivity index (χ1n) is 9.37. The monoisotopic (exact) mass is 355 g/mol. The van der Waals surface area contributed by atoms with E-state index in [1.807, 2.05) is 12.4 Å². The van der Waals surface area contributed by atoms with E-state index < -0.39 is 0 Å². The summed E-state index contributed by atoms with van der Waals surface area (Å²) in [6.45, 7) is 11.4. The van der Waals surface area contributed by atoms with Crippen LogP contribution in [0.5, 0.6) is 5.75 Å². The molecule has 4 nitrogen and oxygen atoms in total. The molecule has 1 aromatic rings. The minimum atomic E-state index is 0.257. The van der Waals surface area contributed by atoms with Crippen LogP contribution in [0.4, 0.5) is 0 Å². The topological polar surface area (TPSA) is 28.6 Å². The minimum absolute atomic E-state index is 0.257. The van der Waals surface area contributed by atoms with Gasteiger partial charge in [0.25, 0.3) is 0 Å². The van der Waals surface area contributed by atoms with Gasteiger partial charge in [-0.05, 0) is 65.0 Å². The third-order valence-electron chi connectivity index (χ3n) is 4.71. The highest BCUT2D eigenvalue weighted by Crippen LogP contribution is 2.25. The number of rotatable bonds is 8. The average molecular weight is 356 g/mol. The number of allylic oxidation sites excluding steroid dienone is 4. The highest BCUT2D eigenvalue weighted by atomic mass is 16.5. The normalized spacial score (nSPS) is 19.2. The zero-order valence-electron chi connectivity index (χ0n) is 17.0.